The number of hydrogen-bond donors (Lipinski definition) is 2. The second-order valence-electron chi connectivity index (χ2n) is 4.42. The van der Waals surface area contributed by atoms with Gasteiger partial charge >= 0.3 is 0 Å². The average Bonchev–Trinajstić information content (AvgIpc) is 2.48. The Morgan fingerprint density at radius 3 is 2.40 bits per heavy atom. The molecule has 0 bridgehead atoms. The first-order valence-corrected chi connectivity index (χ1v) is 7.05. The van der Waals surface area contributed by atoms with Crippen LogP contribution in [0.15, 0.2) is 24.3 Å². The fourth-order valence-corrected chi connectivity index (χ4v) is 1.92. The molecule has 20 heavy (non-hydrogen) atoms. The number of hydrogen-bond acceptors (Lipinski definition) is 4. The number of rotatable bonds is 9. The van der Waals surface area contributed by atoms with Gasteiger partial charge in [-0.25, -0.2) is 0 Å². The quantitative estimate of drug-likeness (QED) is 0.676. The fourth-order valence-electron chi connectivity index (χ4n) is 1.92. The summed E-state index contributed by atoms with van der Waals surface area (Å²) in [5.74, 6) is -0.0325. The van der Waals surface area contributed by atoms with Crippen molar-refractivity contribution in [2.75, 3.05) is 50.1 Å². The van der Waals surface area contributed by atoms with E-state index in [1.165, 1.54) is 5.69 Å². The van der Waals surface area contributed by atoms with Crippen molar-refractivity contribution in [1.82, 2.24) is 5.32 Å². The molecule has 1 aromatic rings. The summed E-state index contributed by atoms with van der Waals surface area (Å²) in [5, 5.41) is 5.87. The lowest BCUT2D eigenvalue weighted by molar-refractivity contribution is -0.119. The molecule has 1 rings (SSSR count). The van der Waals surface area contributed by atoms with Gasteiger partial charge in [0.1, 0.15) is 0 Å². The number of amides is 1. The number of benzene rings is 1. The van der Waals surface area contributed by atoms with Gasteiger partial charge in [0, 0.05) is 38.1 Å². The highest BCUT2D eigenvalue weighted by Crippen LogP contribution is 2.17. The van der Waals surface area contributed by atoms with Gasteiger partial charge in [-0.1, -0.05) is 0 Å². The Hall–Kier alpha value is -1.75. The minimum atomic E-state index is -0.0325. The molecule has 2 N–H and O–H groups in total. The third-order valence-corrected chi connectivity index (χ3v) is 3.08. The molecule has 0 saturated heterocycles. The maximum Gasteiger partial charge on any atom is 0.239 e. The van der Waals surface area contributed by atoms with Crippen LogP contribution in [0.1, 0.15) is 13.8 Å². The second-order valence-corrected chi connectivity index (χ2v) is 4.42. The molecule has 0 aromatic heterocycles. The Labute approximate surface area is 121 Å². The maximum atomic E-state index is 11.5. The van der Waals surface area contributed by atoms with Gasteiger partial charge in [-0.2, -0.15) is 0 Å². The van der Waals surface area contributed by atoms with Gasteiger partial charge in [0.2, 0.25) is 5.91 Å². The van der Waals surface area contributed by atoms with Crippen molar-refractivity contribution in [3.05, 3.63) is 24.3 Å². The van der Waals surface area contributed by atoms with Crippen molar-refractivity contribution in [3.8, 4) is 0 Å². The van der Waals surface area contributed by atoms with E-state index in [2.05, 4.69) is 41.5 Å². The van der Waals surface area contributed by atoms with Gasteiger partial charge in [-0.15, -0.1) is 0 Å². The molecular weight excluding hydrogens is 254 g/mol. The normalized spacial score (nSPS) is 10.2. The molecule has 0 aliphatic heterocycles. The molecule has 0 fully saturated rings. The molecule has 5 nitrogen and oxygen atoms in total. The van der Waals surface area contributed by atoms with Crippen LogP contribution in [0.3, 0.4) is 0 Å². The van der Waals surface area contributed by atoms with Crippen LogP contribution in [0, 0.1) is 0 Å². The van der Waals surface area contributed by atoms with Crippen molar-refractivity contribution in [2.45, 2.75) is 13.8 Å². The Morgan fingerprint density at radius 1 is 1.20 bits per heavy atom. The zero-order valence-corrected chi connectivity index (χ0v) is 12.6. The summed E-state index contributed by atoms with van der Waals surface area (Å²) in [6, 6.07) is 8.13. The lowest BCUT2D eigenvalue weighted by Crippen LogP contribution is -2.32. The minimum Gasteiger partial charge on any atom is -0.383 e. The van der Waals surface area contributed by atoms with Crippen LogP contribution in [-0.4, -0.2) is 45.8 Å². The van der Waals surface area contributed by atoms with Crippen LogP contribution >= 0.6 is 0 Å². The van der Waals surface area contributed by atoms with E-state index in [9.17, 15) is 4.79 Å². The first-order valence-electron chi connectivity index (χ1n) is 7.05. The minimum absolute atomic E-state index is 0.0325. The summed E-state index contributed by atoms with van der Waals surface area (Å²) in [5.41, 5.74) is 2.15. The predicted octanol–water partition coefficient (Wildman–Crippen LogP) is 1.71. The highest BCUT2D eigenvalue weighted by atomic mass is 16.5. The highest BCUT2D eigenvalue weighted by molar-refractivity contribution is 5.80. The van der Waals surface area contributed by atoms with Crippen LogP contribution in [0.25, 0.3) is 0 Å². The van der Waals surface area contributed by atoms with Crippen LogP contribution in [0.5, 0.6) is 0 Å². The van der Waals surface area contributed by atoms with E-state index in [0.717, 1.165) is 18.8 Å². The molecule has 0 unspecified atom stereocenters. The van der Waals surface area contributed by atoms with Crippen molar-refractivity contribution in [2.24, 2.45) is 0 Å². The topological polar surface area (TPSA) is 53.6 Å². The smallest absolute Gasteiger partial charge is 0.239 e. The lowest BCUT2D eigenvalue weighted by Gasteiger charge is -2.21. The SMILES string of the molecule is CCN(CC)c1ccc(NCC(=O)NCCOC)cc1. The van der Waals surface area contributed by atoms with E-state index in [1.807, 2.05) is 12.1 Å². The van der Waals surface area contributed by atoms with Gasteiger partial charge in [-0.3, -0.25) is 4.79 Å². The van der Waals surface area contributed by atoms with Crippen LogP contribution < -0.4 is 15.5 Å². The molecule has 0 heterocycles. The summed E-state index contributed by atoms with van der Waals surface area (Å²) >= 11 is 0. The van der Waals surface area contributed by atoms with Crippen molar-refractivity contribution < 1.29 is 9.53 Å². The fraction of sp³-hybridized carbons (Fsp3) is 0.533. The largest absolute Gasteiger partial charge is 0.383 e. The summed E-state index contributed by atoms with van der Waals surface area (Å²) in [6.45, 7) is 7.60. The summed E-state index contributed by atoms with van der Waals surface area (Å²) in [7, 11) is 1.61. The van der Waals surface area contributed by atoms with Gasteiger partial charge in [0.15, 0.2) is 0 Å². The molecule has 0 aliphatic carbocycles. The first kappa shape index (κ1) is 16.3. The molecule has 0 saturated carbocycles. The standard InChI is InChI=1S/C15H25N3O2/c1-4-18(5-2)14-8-6-13(7-9-14)17-12-15(19)16-10-11-20-3/h6-9,17H,4-5,10-12H2,1-3H3,(H,16,19). The van der Waals surface area contributed by atoms with Crippen LogP contribution in [-0.2, 0) is 9.53 Å². The molecule has 1 amide bonds. The monoisotopic (exact) mass is 279 g/mol. The second kappa shape index (κ2) is 9.20. The van der Waals surface area contributed by atoms with Gasteiger partial charge in [0.05, 0.1) is 13.2 Å². The van der Waals surface area contributed by atoms with E-state index < -0.39 is 0 Å². The third kappa shape index (κ3) is 5.48. The molecule has 0 atom stereocenters. The van der Waals surface area contributed by atoms with Crippen molar-refractivity contribution in [3.63, 3.8) is 0 Å². The number of carbonyl (C=O) groups excluding carboxylic acids is 1. The van der Waals surface area contributed by atoms with Crippen LogP contribution in [0.4, 0.5) is 11.4 Å². The number of nitrogens with one attached hydrogen (secondary N) is 2. The van der Waals surface area contributed by atoms with Crippen molar-refractivity contribution in [1.29, 1.82) is 0 Å². The Balaban J connectivity index is 2.39. The highest BCUT2D eigenvalue weighted by Gasteiger charge is 2.03. The summed E-state index contributed by atoms with van der Waals surface area (Å²) in [6.07, 6.45) is 0. The van der Waals surface area contributed by atoms with E-state index >= 15 is 0 Å². The average molecular weight is 279 g/mol. The molecule has 0 aliphatic rings. The molecule has 0 spiro atoms. The zero-order chi connectivity index (χ0) is 14.8. The number of ether oxygens (including phenoxy) is 1. The Bertz CT molecular complexity index is 389. The Morgan fingerprint density at radius 2 is 1.85 bits per heavy atom. The number of anilines is 2. The molecular formula is C15H25N3O2. The van der Waals surface area contributed by atoms with E-state index in [-0.39, 0.29) is 12.5 Å². The first-order chi connectivity index (χ1) is 9.71. The van der Waals surface area contributed by atoms with Crippen LogP contribution in [0.2, 0.25) is 0 Å². The van der Waals surface area contributed by atoms with E-state index in [4.69, 9.17) is 4.74 Å². The Kier molecular flexibility index (Phi) is 7.50. The van der Waals surface area contributed by atoms with E-state index in [0.29, 0.717) is 13.2 Å². The molecule has 0 radical (unpaired) electrons. The number of methoxy groups -OCH3 is 1. The van der Waals surface area contributed by atoms with Crippen molar-refractivity contribution >= 4 is 17.3 Å². The van der Waals surface area contributed by atoms with Gasteiger partial charge in [-0.05, 0) is 38.1 Å². The molecule has 112 valence electrons. The van der Waals surface area contributed by atoms with Gasteiger partial charge in [0.25, 0.3) is 0 Å². The molecule has 1 aromatic carbocycles. The number of carbonyl (C=O) groups is 1. The lowest BCUT2D eigenvalue weighted by atomic mass is 10.2. The summed E-state index contributed by atoms with van der Waals surface area (Å²) < 4.78 is 4.87. The predicted molar refractivity (Wildman–Crippen MR) is 83.4 cm³/mol. The third-order valence-electron chi connectivity index (χ3n) is 3.08. The maximum absolute atomic E-state index is 11.5. The number of nitrogens with zero attached hydrogens (tertiary/aromatic N) is 1. The molecule has 5 heteroatoms. The summed E-state index contributed by atoms with van der Waals surface area (Å²) in [4.78, 5) is 13.8. The zero-order valence-electron chi connectivity index (χ0n) is 12.6. The van der Waals surface area contributed by atoms with Gasteiger partial charge < -0.3 is 20.3 Å². The van der Waals surface area contributed by atoms with E-state index in [1.54, 1.807) is 7.11 Å².